The molecule has 0 N–H and O–H groups in total. The van der Waals surface area contributed by atoms with Crippen LogP contribution in [0.2, 0.25) is 0 Å². The number of ether oxygens (including phenoxy) is 3. The van der Waals surface area contributed by atoms with Gasteiger partial charge in [-0.3, -0.25) is 0 Å². The maximum atomic E-state index is 14.1. The summed E-state index contributed by atoms with van der Waals surface area (Å²) in [5.74, 6) is 0.674. The minimum Gasteiger partial charge on any atom is -0.489 e. The highest BCUT2D eigenvalue weighted by Gasteiger charge is 2.25. The number of rotatable bonds is 4. The van der Waals surface area contributed by atoms with E-state index < -0.39 is 11.9 Å². The van der Waals surface area contributed by atoms with Crippen LogP contribution in [-0.4, -0.2) is 0 Å². The Morgan fingerprint density at radius 1 is 1.00 bits per heavy atom. The molecular weight excluding hydrogens is 387 g/mol. The van der Waals surface area contributed by atoms with Crippen molar-refractivity contribution < 1.29 is 23.0 Å². The summed E-state index contributed by atoms with van der Waals surface area (Å²) in [4.78, 5) is 11.4. The standard InChI is InChI=1S/C24H17FO5/c25-19-10-17(13-27-20-8-6-15-7-9-22(26)29-21(15)12-20)23-18(11-19)14-28-24(30-23)16-4-2-1-3-5-16/h1-12,24H,13-14H2/t24-/m1/s1. The summed E-state index contributed by atoms with van der Waals surface area (Å²) in [7, 11) is 0. The van der Waals surface area contributed by atoms with E-state index in [9.17, 15) is 9.18 Å². The van der Waals surface area contributed by atoms with E-state index in [0.29, 0.717) is 28.2 Å². The molecule has 1 aliphatic heterocycles. The summed E-state index contributed by atoms with van der Waals surface area (Å²) in [5.41, 5.74) is 2.08. The molecule has 0 saturated heterocycles. The van der Waals surface area contributed by atoms with Crippen molar-refractivity contribution in [1.29, 1.82) is 0 Å². The molecule has 1 aliphatic rings. The minimum atomic E-state index is -0.571. The number of halogens is 1. The van der Waals surface area contributed by atoms with Crippen molar-refractivity contribution >= 4 is 11.0 Å². The van der Waals surface area contributed by atoms with Gasteiger partial charge < -0.3 is 18.6 Å². The van der Waals surface area contributed by atoms with Gasteiger partial charge in [0, 0.05) is 34.2 Å². The first-order valence-corrected chi connectivity index (χ1v) is 9.47. The number of fused-ring (bicyclic) bond motifs is 2. The van der Waals surface area contributed by atoms with Crippen LogP contribution in [-0.2, 0) is 18.0 Å². The van der Waals surface area contributed by atoms with Crippen molar-refractivity contribution in [2.24, 2.45) is 0 Å². The van der Waals surface area contributed by atoms with Crippen LogP contribution in [0, 0.1) is 5.82 Å². The molecule has 5 nitrogen and oxygen atoms in total. The Morgan fingerprint density at radius 2 is 1.83 bits per heavy atom. The highest BCUT2D eigenvalue weighted by Crippen LogP contribution is 2.37. The van der Waals surface area contributed by atoms with E-state index in [1.165, 1.54) is 18.2 Å². The molecular formula is C24H17FO5. The fourth-order valence-electron chi connectivity index (χ4n) is 3.45. The second-order valence-corrected chi connectivity index (χ2v) is 6.97. The molecule has 150 valence electrons. The van der Waals surface area contributed by atoms with E-state index >= 15 is 0 Å². The fraction of sp³-hybridized carbons (Fsp3) is 0.125. The van der Waals surface area contributed by atoms with E-state index in [1.54, 1.807) is 24.3 Å². The molecule has 2 heterocycles. The molecule has 5 rings (SSSR count). The summed E-state index contributed by atoms with van der Waals surface area (Å²) in [6, 6.07) is 20.6. The average molecular weight is 404 g/mol. The molecule has 0 unspecified atom stereocenters. The molecule has 0 aliphatic carbocycles. The normalized spacial score (nSPS) is 15.4. The lowest BCUT2D eigenvalue weighted by Gasteiger charge is -2.28. The molecule has 4 aromatic rings. The largest absolute Gasteiger partial charge is 0.489 e. The van der Waals surface area contributed by atoms with Crippen LogP contribution in [0.3, 0.4) is 0 Å². The third-order valence-corrected chi connectivity index (χ3v) is 4.88. The second kappa shape index (κ2) is 7.65. The zero-order chi connectivity index (χ0) is 20.5. The predicted octanol–water partition coefficient (Wildman–Crippen LogP) is 5.12. The van der Waals surface area contributed by atoms with Crippen LogP contribution < -0.4 is 15.1 Å². The van der Waals surface area contributed by atoms with Crippen LogP contribution in [0.1, 0.15) is 23.0 Å². The first-order chi connectivity index (χ1) is 14.7. The Kier molecular flexibility index (Phi) is 4.69. The van der Waals surface area contributed by atoms with E-state index in [1.807, 2.05) is 30.3 Å². The van der Waals surface area contributed by atoms with Gasteiger partial charge in [-0.15, -0.1) is 0 Å². The monoisotopic (exact) mass is 404 g/mol. The molecule has 0 bridgehead atoms. The van der Waals surface area contributed by atoms with Gasteiger partial charge in [0.05, 0.1) is 6.61 Å². The van der Waals surface area contributed by atoms with Crippen LogP contribution in [0.5, 0.6) is 11.5 Å². The minimum absolute atomic E-state index is 0.0875. The molecule has 0 saturated carbocycles. The lowest BCUT2D eigenvalue weighted by atomic mass is 10.1. The van der Waals surface area contributed by atoms with Gasteiger partial charge in [-0.25, -0.2) is 9.18 Å². The van der Waals surface area contributed by atoms with Crippen molar-refractivity contribution in [3.8, 4) is 11.5 Å². The lowest BCUT2D eigenvalue weighted by Crippen LogP contribution is -2.19. The maximum Gasteiger partial charge on any atom is 0.336 e. The topological polar surface area (TPSA) is 57.9 Å². The Labute approximate surface area is 171 Å². The van der Waals surface area contributed by atoms with Crippen molar-refractivity contribution in [2.75, 3.05) is 0 Å². The molecule has 0 amide bonds. The third-order valence-electron chi connectivity index (χ3n) is 4.88. The van der Waals surface area contributed by atoms with E-state index in [-0.39, 0.29) is 19.0 Å². The van der Waals surface area contributed by atoms with Crippen molar-refractivity contribution in [3.05, 3.63) is 106 Å². The van der Waals surface area contributed by atoms with Gasteiger partial charge >= 0.3 is 5.63 Å². The molecule has 1 aromatic heterocycles. The molecule has 0 fully saturated rings. The first-order valence-electron chi connectivity index (χ1n) is 9.47. The SMILES string of the molecule is O=c1ccc2ccc(OCc3cc(F)cc4c3O[C@H](c3ccccc3)OC4)cc2o1. The fourth-order valence-corrected chi connectivity index (χ4v) is 3.45. The van der Waals surface area contributed by atoms with Crippen LogP contribution in [0.15, 0.2) is 82.0 Å². The van der Waals surface area contributed by atoms with Gasteiger partial charge in [0.2, 0.25) is 6.29 Å². The second-order valence-electron chi connectivity index (χ2n) is 6.97. The zero-order valence-electron chi connectivity index (χ0n) is 15.8. The van der Waals surface area contributed by atoms with E-state index in [4.69, 9.17) is 18.6 Å². The summed E-state index contributed by atoms with van der Waals surface area (Å²) in [6.07, 6.45) is -0.571. The van der Waals surface area contributed by atoms with Crippen LogP contribution >= 0.6 is 0 Å². The predicted molar refractivity (Wildman–Crippen MR) is 108 cm³/mol. The molecule has 30 heavy (non-hydrogen) atoms. The number of hydrogen-bond donors (Lipinski definition) is 0. The quantitative estimate of drug-likeness (QED) is 0.442. The lowest BCUT2D eigenvalue weighted by molar-refractivity contribution is -0.112. The van der Waals surface area contributed by atoms with Crippen molar-refractivity contribution in [3.63, 3.8) is 0 Å². The molecule has 3 aromatic carbocycles. The summed E-state index contributed by atoms with van der Waals surface area (Å²) in [5, 5.41) is 0.788. The Morgan fingerprint density at radius 3 is 2.70 bits per heavy atom. The van der Waals surface area contributed by atoms with Gasteiger partial charge in [0.15, 0.2) is 0 Å². The third kappa shape index (κ3) is 3.65. The summed E-state index contributed by atoms with van der Waals surface area (Å²) >= 11 is 0. The van der Waals surface area contributed by atoms with Crippen molar-refractivity contribution in [2.45, 2.75) is 19.5 Å². The average Bonchev–Trinajstić information content (AvgIpc) is 2.77. The molecule has 6 heteroatoms. The highest BCUT2D eigenvalue weighted by molar-refractivity contribution is 5.77. The Bertz CT molecular complexity index is 1270. The van der Waals surface area contributed by atoms with Gasteiger partial charge in [0.1, 0.15) is 29.5 Å². The van der Waals surface area contributed by atoms with E-state index in [0.717, 1.165) is 10.9 Å². The highest BCUT2D eigenvalue weighted by atomic mass is 19.1. The maximum absolute atomic E-state index is 14.1. The summed E-state index contributed by atoms with van der Waals surface area (Å²) < 4.78 is 37.0. The Balaban J connectivity index is 1.41. The van der Waals surface area contributed by atoms with Crippen molar-refractivity contribution in [1.82, 2.24) is 0 Å². The van der Waals surface area contributed by atoms with E-state index in [2.05, 4.69) is 0 Å². The zero-order valence-corrected chi connectivity index (χ0v) is 15.8. The molecule has 0 radical (unpaired) electrons. The van der Waals surface area contributed by atoms with Crippen LogP contribution in [0.25, 0.3) is 11.0 Å². The van der Waals surface area contributed by atoms with Crippen LogP contribution in [0.4, 0.5) is 4.39 Å². The Hall–Kier alpha value is -3.64. The number of benzene rings is 3. The van der Waals surface area contributed by atoms with Gasteiger partial charge in [0.25, 0.3) is 0 Å². The smallest absolute Gasteiger partial charge is 0.336 e. The van der Waals surface area contributed by atoms with Gasteiger partial charge in [-0.05, 0) is 30.3 Å². The van der Waals surface area contributed by atoms with Gasteiger partial charge in [-0.1, -0.05) is 30.3 Å². The molecule has 1 atom stereocenters. The number of hydrogen-bond acceptors (Lipinski definition) is 5. The first kappa shape index (κ1) is 18.4. The van der Waals surface area contributed by atoms with Gasteiger partial charge in [-0.2, -0.15) is 0 Å². The summed E-state index contributed by atoms with van der Waals surface area (Å²) in [6.45, 7) is 0.324. The molecule has 0 spiro atoms.